The van der Waals surface area contributed by atoms with E-state index in [1.165, 1.54) is 25.9 Å². The van der Waals surface area contributed by atoms with E-state index in [0.717, 1.165) is 25.4 Å². The van der Waals surface area contributed by atoms with Crippen molar-refractivity contribution in [3.05, 3.63) is 0 Å². The number of hydrogen-bond acceptors (Lipinski definition) is 3. The maximum Gasteiger partial charge on any atom is 0.0634 e. The van der Waals surface area contributed by atoms with Crippen LogP contribution in [0.5, 0.6) is 0 Å². The number of ether oxygens (including phenoxy) is 1. The van der Waals surface area contributed by atoms with Crippen LogP contribution < -0.4 is 5.32 Å². The molecular weight excluding hydrogens is 224 g/mol. The van der Waals surface area contributed by atoms with Crippen LogP contribution >= 0.6 is 0 Å². The molecule has 0 aromatic rings. The molecule has 0 saturated carbocycles. The Hall–Kier alpha value is -0.120. The van der Waals surface area contributed by atoms with Gasteiger partial charge in [0.25, 0.3) is 0 Å². The van der Waals surface area contributed by atoms with E-state index in [9.17, 15) is 0 Å². The number of nitrogens with zero attached hydrogens (tertiary/aromatic N) is 1. The van der Waals surface area contributed by atoms with Crippen molar-refractivity contribution in [2.24, 2.45) is 5.92 Å². The van der Waals surface area contributed by atoms with Gasteiger partial charge in [0.2, 0.25) is 0 Å². The van der Waals surface area contributed by atoms with Gasteiger partial charge in [-0.2, -0.15) is 0 Å². The second-order valence-corrected chi connectivity index (χ2v) is 6.47. The third kappa shape index (κ3) is 5.25. The van der Waals surface area contributed by atoms with Crippen LogP contribution in [0.1, 0.15) is 47.0 Å². The normalized spacial score (nSPS) is 19.7. The predicted octanol–water partition coefficient (Wildman–Crippen LogP) is 2.51. The molecule has 1 rings (SSSR count). The summed E-state index contributed by atoms with van der Waals surface area (Å²) in [5.74, 6) is 0.728. The minimum Gasteiger partial charge on any atom is -0.379 e. The number of rotatable bonds is 8. The maximum atomic E-state index is 5.44. The van der Waals surface area contributed by atoms with Gasteiger partial charge in [0.05, 0.1) is 5.60 Å². The molecule has 1 N–H and O–H groups in total. The molecule has 18 heavy (non-hydrogen) atoms. The second kappa shape index (κ2) is 7.46. The summed E-state index contributed by atoms with van der Waals surface area (Å²) in [7, 11) is 1.79. The summed E-state index contributed by atoms with van der Waals surface area (Å²) in [4.78, 5) is 2.65. The lowest BCUT2D eigenvalue weighted by molar-refractivity contribution is 0.0154. The van der Waals surface area contributed by atoms with E-state index in [0.29, 0.717) is 6.04 Å². The van der Waals surface area contributed by atoms with E-state index >= 15 is 0 Å². The van der Waals surface area contributed by atoms with Crippen molar-refractivity contribution in [2.45, 2.75) is 58.6 Å². The first-order chi connectivity index (χ1) is 8.46. The van der Waals surface area contributed by atoms with Gasteiger partial charge in [-0.15, -0.1) is 0 Å². The minimum atomic E-state index is -0.00598. The molecule has 1 fully saturated rings. The summed E-state index contributed by atoms with van der Waals surface area (Å²) in [6.07, 6.45) is 3.81. The molecule has 1 aliphatic rings. The first kappa shape index (κ1) is 15.9. The molecule has 0 spiro atoms. The third-order valence-electron chi connectivity index (χ3n) is 4.19. The Morgan fingerprint density at radius 3 is 2.33 bits per heavy atom. The van der Waals surface area contributed by atoms with Crippen LogP contribution in [0.25, 0.3) is 0 Å². The fourth-order valence-corrected chi connectivity index (χ4v) is 2.60. The lowest BCUT2D eigenvalue weighted by atomic mass is 10.0. The lowest BCUT2D eigenvalue weighted by Gasteiger charge is -2.31. The van der Waals surface area contributed by atoms with Gasteiger partial charge < -0.3 is 10.1 Å². The second-order valence-electron chi connectivity index (χ2n) is 6.47. The van der Waals surface area contributed by atoms with E-state index in [-0.39, 0.29) is 5.60 Å². The molecule has 1 atom stereocenters. The summed E-state index contributed by atoms with van der Waals surface area (Å²) < 4.78 is 5.44. The Labute approximate surface area is 113 Å². The first-order valence-electron chi connectivity index (χ1n) is 7.46. The number of nitrogens with one attached hydrogen (secondary N) is 1. The number of methoxy groups -OCH3 is 1. The van der Waals surface area contributed by atoms with Crippen molar-refractivity contribution in [3.8, 4) is 0 Å². The van der Waals surface area contributed by atoms with Crippen molar-refractivity contribution < 1.29 is 4.74 Å². The van der Waals surface area contributed by atoms with Crippen molar-refractivity contribution >= 4 is 0 Å². The zero-order valence-corrected chi connectivity index (χ0v) is 13.0. The van der Waals surface area contributed by atoms with Gasteiger partial charge in [-0.3, -0.25) is 4.90 Å². The van der Waals surface area contributed by atoms with Crippen LogP contribution in [0.4, 0.5) is 0 Å². The maximum absolute atomic E-state index is 5.44. The monoisotopic (exact) mass is 256 g/mol. The molecule has 3 nitrogen and oxygen atoms in total. The van der Waals surface area contributed by atoms with E-state index in [1.54, 1.807) is 7.11 Å². The molecule has 3 heteroatoms. The molecule has 0 aromatic heterocycles. The zero-order valence-electron chi connectivity index (χ0n) is 13.0. The Morgan fingerprint density at radius 1 is 1.22 bits per heavy atom. The Kier molecular flexibility index (Phi) is 6.61. The Morgan fingerprint density at radius 2 is 1.83 bits per heavy atom. The van der Waals surface area contributed by atoms with Gasteiger partial charge in [-0.05, 0) is 58.7 Å². The molecule has 1 aliphatic heterocycles. The van der Waals surface area contributed by atoms with Gasteiger partial charge >= 0.3 is 0 Å². The average molecular weight is 256 g/mol. The van der Waals surface area contributed by atoms with Crippen molar-refractivity contribution in [3.63, 3.8) is 0 Å². The van der Waals surface area contributed by atoms with Crippen molar-refractivity contribution in [1.82, 2.24) is 10.2 Å². The van der Waals surface area contributed by atoms with E-state index < -0.39 is 0 Å². The number of hydrogen-bond donors (Lipinski definition) is 1. The Balaban J connectivity index is 2.26. The summed E-state index contributed by atoms with van der Waals surface area (Å²) in [6, 6.07) is 0.693. The van der Waals surface area contributed by atoms with Crippen LogP contribution in [0.15, 0.2) is 0 Å². The molecule has 108 valence electrons. The fourth-order valence-electron chi connectivity index (χ4n) is 2.60. The molecule has 1 unspecified atom stereocenters. The summed E-state index contributed by atoms with van der Waals surface area (Å²) >= 11 is 0. The van der Waals surface area contributed by atoms with Crippen LogP contribution in [-0.4, -0.2) is 49.8 Å². The quantitative estimate of drug-likeness (QED) is 0.675. The van der Waals surface area contributed by atoms with Crippen LogP contribution in [-0.2, 0) is 4.74 Å². The summed E-state index contributed by atoms with van der Waals surface area (Å²) in [6.45, 7) is 13.7. The highest BCUT2D eigenvalue weighted by Gasteiger charge is 2.24. The first-order valence-corrected chi connectivity index (χ1v) is 7.46. The van der Waals surface area contributed by atoms with Gasteiger partial charge in [0.1, 0.15) is 0 Å². The third-order valence-corrected chi connectivity index (χ3v) is 4.19. The van der Waals surface area contributed by atoms with Gasteiger partial charge in [0.15, 0.2) is 0 Å². The van der Waals surface area contributed by atoms with Crippen molar-refractivity contribution in [2.75, 3.05) is 33.3 Å². The highest BCUT2D eigenvalue weighted by Crippen LogP contribution is 2.17. The summed E-state index contributed by atoms with van der Waals surface area (Å²) in [5.41, 5.74) is -0.00598. The molecule has 0 aromatic carbocycles. The van der Waals surface area contributed by atoms with Gasteiger partial charge in [0, 0.05) is 19.7 Å². The largest absolute Gasteiger partial charge is 0.379 e. The summed E-state index contributed by atoms with van der Waals surface area (Å²) in [5, 5.41) is 3.61. The average Bonchev–Trinajstić information content (AvgIpc) is 2.81. The topological polar surface area (TPSA) is 24.5 Å². The van der Waals surface area contributed by atoms with Crippen molar-refractivity contribution in [1.29, 1.82) is 0 Å². The molecule has 1 heterocycles. The van der Waals surface area contributed by atoms with E-state index in [1.807, 2.05) is 0 Å². The molecule has 0 bridgehead atoms. The fraction of sp³-hybridized carbons (Fsp3) is 1.00. The molecule has 0 amide bonds. The molecule has 1 saturated heterocycles. The van der Waals surface area contributed by atoms with Crippen LogP contribution in [0.2, 0.25) is 0 Å². The molecule has 0 aliphatic carbocycles. The Bertz CT molecular complexity index is 223. The van der Waals surface area contributed by atoms with Gasteiger partial charge in [-0.1, -0.05) is 13.8 Å². The lowest BCUT2D eigenvalue weighted by Crippen LogP contribution is -2.45. The molecular formula is C15H32N2O. The highest BCUT2D eigenvalue weighted by molar-refractivity contribution is 4.81. The molecule has 0 radical (unpaired) electrons. The van der Waals surface area contributed by atoms with Gasteiger partial charge in [-0.25, -0.2) is 0 Å². The van der Waals surface area contributed by atoms with E-state index in [4.69, 9.17) is 4.74 Å². The van der Waals surface area contributed by atoms with Crippen LogP contribution in [0, 0.1) is 5.92 Å². The predicted molar refractivity (Wildman–Crippen MR) is 78.0 cm³/mol. The minimum absolute atomic E-state index is 0.00598. The smallest absolute Gasteiger partial charge is 0.0634 e. The van der Waals surface area contributed by atoms with Crippen LogP contribution in [0.3, 0.4) is 0 Å². The van der Waals surface area contributed by atoms with E-state index in [2.05, 4.69) is 37.9 Å². The standard InChI is InChI=1S/C15H32N2O/c1-13(2)14(17-10-6-7-11-17)12-16-9-8-15(3,4)18-5/h13-14,16H,6-12H2,1-5H3. The zero-order chi connectivity index (χ0) is 13.6. The number of likely N-dealkylation sites (tertiary alicyclic amines) is 1. The SMILES string of the molecule is COC(C)(C)CCNCC(C(C)C)N1CCCC1. The highest BCUT2D eigenvalue weighted by atomic mass is 16.5.